The fraction of sp³-hybridized carbons (Fsp3) is 0.0833. The van der Waals surface area contributed by atoms with Crippen LogP contribution in [0.4, 0.5) is 4.39 Å². The van der Waals surface area contributed by atoms with Crippen LogP contribution in [0.2, 0.25) is 0 Å². The number of nitrogens with one attached hydrogen (secondary N) is 1. The summed E-state index contributed by atoms with van der Waals surface area (Å²) in [4.78, 5) is 0. The lowest BCUT2D eigenvalue weighted by molar-refractivity contribution is 0.581. The Morgan fingerprint density at radius 3 is 2.50 bits per heavy atom. The van der Waals surface area contributed by atoms with Crippen LogP contribution in [0.1, 0.15) is 5.69 Å². The van der Waals surface area contributed by atoms with Gasteiger partial charge >= 0.3 is 0 Å². The average molecular weight is 244 g/mol. The summed E-state index contributed by atoms with van der Waals surface area (Å²) in [6.45, 7) is 1.88. The molecule has 0 amide bonds. The number of aryl methyl sites for hydroxylation is 1. The van der Waals surface area contributed by atoms with Gasteiger partial charge in [-0.25, -0.2) is 4.39 Å². The normalized spacial score (nSPS) is 10.8. The molecule has 90 valence electrons. The number of halogens is 1. The Kier molecular flexibility index (Phi) is 2.40. The van der Waals surface area contributed by atoms with Crippen molar-refractivity contribution in [3.8, 4) is 23.0 Å². The lowest BCUT2D eigenvalue weighted by atomic mass is 10.2. The number of rotatable bonds is 2. The van der Waals surface area contributed by atoms with Crippen molar-refractivity contribution in [3.05, 3.63) is 41.8 Å². The quantitative estimate of drug-likeness (QED) is 0.752. The van der Waals surface area contributed by atoms with Crippen molar-refractivity contribution in [2.75, 3.05) is 0 Å². The van der Waals surface area contributed by atoms with E-state index in [1.54, 1.807) is 12.1 Å². The van der Waals surface area contributed by atoms with Gasteiger partial charge in [0.1, 0.15) is 11.5 Å². The molecule has 0 aliphatic rings. The Hall–Kier alpha value is -2.50. The minimum absolute atomic E-state index is 0.304. The number of hydrogen-bond acceptors (Lipinski definition) is 4. The molecule has 0 atom stereocenters. The van der Waals surface area contributed by atoms with E-state index in [0.717, 1.165) is 5.69 Å². The lowest BCUT2D eigenvalue weighted by Crippen LogP contribution is -1.78. The van der Waals surface area contributed by atoms with Crippen molar-refractivity contribution in [3.63, 3.8) is 0 Å². The van der Waals surface area contributed by atoms with Gasteiger partial charge in [-0.05, 0) is 37.3 Å². The first-order valence-electron chi connectivity index (χ1n) is 5.34. The molecular weight excluding hydrogens is 235 g/mol. The van der Waals surface area contributed by atoms with Crippen molar-refractivity contribution in [2.24, 2.45) is 0 Å². The molecular formula is C12H9FN4O. The first kappa shape index (κ1) is 10.6. The third-order valence-corrected chi connectivity index (χ3v) is 2.44. The summed E-state index contributed by atoms with van der Waals surface area (Å²) in [5.74, 6) is 0.366. The minimum atomic E-state index is -0.304. The summed E-state index contributed by atoms with van der Waals surface area (Å²) in [6.07, 6.45) is 0. The predicted molar refractivity (Wildman–Crippen MR) is 62.0 cm³/mol. The molecule has 0 fully saturated rings. The molecule has 3 aromatic rings. The summed E-state index contributed by atoms with van der Waals surface area (Å²) in [6, 6.07) is 7.67. The zero-order valence-corrected chi connectivity index (χ0v) is 9.51. The standard InChI is InChI=1S/C12H9FN4O/c1-7-6-10(15-14-7)12-17-16-11(18-12)8-2-4-9(13)5-3-8/h2-6H,1H3,(H,14,15). The van der Waals surface area contributed by atoms with E-state index in [1.165, 1.54) is 12.1 Å². The first-order valence-corrected chi connectivity index (χ1v) is 5.34. The molecule has 0 bridgehead atoms. The second-order valence-corrected chi connectivity index (χ2v) is 3.86. The zero-order chi connectivity index (χ0) is 12.5. The fourth-order valence-corrected chi connectivity index (χ4v) is 1.56. The highest BCUT2D eigenvalue weighted by atomic mass is 19.1. The SMILES string of the molecule is Cc1cc(-c2nnc(-c3ccc(F)cc3)o2)n[nH]1. The summed E-state index contributed by atoms with van der Waals surface area (Å²) < 4.78 is 18.3. The van der Waals surface area contributed by atoms with Crippen LogP contribution in [-0.2, 0) is 0 Å². The van der Waals surface area contributed by atoms with E-state index in [4.69, 9.17) is 4.42 Å². The summed E-state index contributed by atoms with van der Waals surface area (Å²) >= 11 is 0. The third-order valence-electron chi connectivity index (χ3n) is 2.44. The fourth-order valence-electron chi connectivity index (χ4n) is 1.56. The largest absolute Gasteiger partial charge is 0.415 e. The summed E-state index contributed by atoms with van der Waals surface area (Å²) in [5, 5.41) is 14.6. The van der Waals surface area contributed by atoms with Crippen LogP contribution < -0.4 is 0 Å². The summed E-state index contributed by atoms with van der Waals surface area (Å²) in [5.41, 5.74) is 2.17. The van der Waals surface area contributed by atoms with Gasteiger partial charge in [-0.3, -0.25) is 5.10 Å². The number of aromatic nitrogens is 4. The van der Waals surface area contributed by atoms with Crippen LogP contribution in [0.3, 0.4) is 0 Å². The molecule has 18 heavy (non-hydrogen) atoms. The van der Waals surface area contributed by atoms with E-state index in [0.29, 0.717) is 23.0 Å². The number of H-pyrrole nitrogens is 1. The smallest absolute Gasteiger partial charge is 0.268 e. The molecule has 0 aliphatic heterocycles. The monoisotopic (exact) mass is 244 g/mol. The maximum atomic E-state index is 12.8. The molecule has 1 aromatic carbocycles. The van der Waals surface area contributed by atoms with Gasteiger partial charge in [-0.15, -0.1) is 10.2 Å². The van der Waals surface area contributed by atoms with Crippen LogP contribution in [-0.4, -0.2) is 20.4 Å². The number of nitrogens with zero attached hydrogens (tertiary/aromatic N) is 3. The Morgan fingerprint density at radius 2 is 1.83 bits per heavy atom. The molecule has 0 saturated heterocycles. The van der Waals surface area contributed by atoms with Gasteiger partial charge in [0.05, 0.1) is 0 Å². The highest BCUT2D eigenvalue weighted by Crippen LogP contribution is 2.22. The Bertz CT molecular complexity index is 671. The van der Waals surface area contributed by atoms with E-state index in [1.807, 2.05) is 13.0 Å². The maximum Gasteiger partial charge on any atom is 0.268 e. The number of benzene rings is 1. The maximum absolute atomic E-state index is 12.8. The second-order valence-electron chi connectivity index (χ2n) is 3.86. The molecule has 0 saturated carbocycles. The van der Waals surface area contributed by atoms with Gasteiger partial charge in [0.2, 0.25) is 5.89 Å². The van der Waals surface area contributed by atoms with Crippen molar-refractivity contribution in [1.82, 2.24) is 20.4 Å². The third kappa shape index (κ3) is 1.88. The van der Waals surface area contributed by atoms with Crippen molar-refractivity contribution >= 4 is 0 Å². The molecule has 0 aliphatic carbocycles. The lowest BCUT2D eigenvalue weighted by Gasteiger charge is -1.93. The zero-order valence-electron chi connectivity index (χ0n) is 9.51. The van der Waals surface area contributed by atoms with Gasteiger partial charge in [-0.2, -0.15) is 5.10 Å². The van der Waals surface area contributed by atoms with Gasteiger partial charge in [0.25, 0.3) is 5.89 Å². The predicted octanol–water partition coefficient (Wildman–Crippen LogP) is 2.57. The van der Waals surface area contributed by atoms with E-state index in [2.05, 4.69) is 20.4 Å². The molecule has 5 nitrogen and oxygen atoms in total. The number of hydrogen-bond donors (Lipinski definition) is 1. The highest BCUT2D eigenvalue weighted by molar-refractivity contribution is 5.55. The second kappa shape index (κ2) is 4.06. The van der Waals surface area contributed by atoms with E-state index < -0.39 is 0 Å². The molecule has 3 rings (SSSR count). The van der Waals surface area contributed by atoms with Crippen LogP contribution in [0, 0.1) is 12.7 Å². The Labute approximate surface area is 102 Å². The molecule has 0 radical (unpaired) electrons. The van der Waals surface area contributed by atoms with Crippen LogP contribution in [0.25, 0.3) is 23.0 Å². The van der Waals surface area contributed by atoms with Crippen molar-refractivity contribution in [2.45, 2.75) is 6.92 Å². The van der Waals surface area contributed by atoms with Crippen molar-refractivity contribution in [1.29, 1.82) is 0 Å². The van der Waals surface area contributed by atoms with E-state index in [-0.39, 0.29) is 5.82 Å². The van der Waals surface area contributed by atoms with Crippen LogP contribution >= 0.6 is 0 Å². The molecule has 1 N–H and O–H groups in total. The highest BCUT2D eigenvalue weighted by Gasteiger charge is 2.12. The Morgan fingerprint density at radius 1 is 1.11 bits per heavy atom. The van der Waals surface area contributed by atoms with Gasteiger partial charge < -0.3 is 4.42 Å². The minimum Gasteiger partial charge on any atom is -0.415 e. The van der Waals surface area contributed by atoms with Gasteiger partial charge in [0.15, 0.2) is 0 Å². The number of aromatic amines is 1. The first-order chi connectivity index (χ1) is 8.72. The van der Waals surface area contributed by atoms with E-state index >= 15 is 0 Å². The topological polar surface area (TPSA) is 67.6 Å². The molecule has 0 spiro atoms. The van der Waals surface area contributed by atoms with Crippen LogP contribution in [0.5, 0.6) is 0 Å². The van der Waals surface area contributed by atoms with E-state index in [9.17, 15) is 4.39 Å². The molecule has 0 unspecified atom stereocenters. The van der Waals surface area contributed by atoms with Gasteiger partial charge in [0, 0.05) is 11.3 Å². The summed E-state index contributed by atoms with van der Waals surface area (Å²) in [7, 11) is 0. The molecule has 2 aromatic heterocycles. The van der Waals surface area contributed by atoms with Crippen molar-refractivity contribution < 1.29 is 8.81 Å². The Balaban J connectivity index is 1.96. The average Bonchev–Trinajstić information content (AvgIpc) is 2.98. The van der Waals surface area contributed by atoms with Crippen LogP contribution in [0.15, 0.2) is 34.7 Å². The molecule has 2 heterocycles. The molecule has 6 heteroatoms. The van der Waals surface area contributed by atoms with Gasteiger partial charge in [-0.1, -0.05) is 0 Å².